The fourth-order valence-corrected chi connectivity index (χ4v) is 2.40. The van der Waals surface area contributed by atoms with Crippen molar-refractivity contribution in [2.75, 3.05) is 23.8 Å². The van der Waals surface area contributed by atoms with Gasteiger partial charge < -0.3 is 15.7 Å². The average Bonchev–Trinajstić information content (AvgIpc) is 3.33. The van der Waals surface area contributed by atoms with Crippen LogP contribution >= 0.6 is 11.6 Å². The molecule has 1 aliphatic rings. The first-order valence-corrected chi connectivity index (χ1v) is 7.80. The molecule has 116 valence electrons. The van der Waals surface area contributed by atoms with Gasteiger partial charge in [-0.3, -0.25) is 0 Å². The lowest BCUT2D eigenvalue weighted by atomic mass is 10.2. The number of hydrogen-bond donors (Lipinski definition) is 3. The Morgan fingerprint density at radius 2 is 2.09 bits per heavy atom. The summed E-state index contributed by atoms with van der Waals surface area (Å²) in [5, 5.41) is 16.0. The van der Waals surface area contributed by atoms with Gasteiger partial charge in [-0.2, -0.15) is 4.98 Å². The van der Waals surface area contributed by atoms with Crippen molar-refractivity contribution in [2.45, 2.75) is 25.7 Å². The van der Waals surface area contributed by atoms with E-state index in [1.807, 2.05) is 31.2 Å². The SMILES string of the molecule is Cc1ccc(Cl)cc1Nc1cc(C2CC2)nc(NCCO)n1. The number of rotatable bonds is 6. The fraction of sp³-hybridized carbons (Fsp3) is 0.375. The Morgan fingerprint density at radius 3 is 2.82 bits per heavy atom. The predicted octanol–water partition coefficient (Wildman–Crippen LogP) is 3.46. The maximum Gasteiger partial charge on any atom is 0.224 e. The van der Waals surface area contributed by atoms with Gasteiger partial charge in [-0.05, 0) is 37.5 Å². The number of halogens is 1. The van der Waals surface area contributed by atoms with Crippen molar-refractivity contribution >= 4 is 29.1 Å². The van der Waals surface area contributed by atoms with Crippen LogP contribution in [0.3, 0.4) is 0 Å². The first kappa shape index (κ1) is 15.1. The molecule has 6 heteroatoms. The van der Waals surface area contributed by atoms with Gasteiger partial charge in [0.1, 0.15) is 5.82 Å². The maximum atomic E-state index is 8.94. The standard InChI is InChI=1S/C16H19ClN4O/c1-10-2-5-12(17)8-13(10)19-15-9-14(11-3-4-11)20-16(21-15)18-6-7-22/h2,5,8-9,11,22H,3-4,6-7H2,1H3,(H2,18,19,20,21). The fourth-order valence-electron chi connectivity index (χ4n) is 2.23. The Morgan fingerprint density at radius 1 is 1.27 bits per heavy atom. The second-order valence-corrected chi connectivity index (χ2v) is 5.95. The third kappa shape index (κ3) is 3.67. The molecule has 3 N–H and O–H groups in total. The lowest BCUT2D eigenvalue weighted by Gasteiger charge is -2.12. The van der Waals surface area contributed by atoms with Crippen LogP contribution in [0.5, 0.6) is 0 Å². The molecular weight excluding hydrogens is 300 g/mol. The molecule has 0 atom stereocenters. The third-order valence-corrected chi connectivity index (χ3v) is 3.83. The molecule has 0 radical (unpaired) electrons. The molecule has 0 amide bonds. The topological polar surface area (TPSA) is 70.1 Å². The van der Waals surface area contributed by atoms with Crippen molar-refractivity contribution in [1.29, 1.82) is 0 Å². The lowest BCUT2D eigenvalue weighted by molar-refractivity contribution is 0.311. The molecule has 2 aromatic rings. The minimum atomic E-state index is 0.0488. The molecule has 22 heavy (non-hydrogen) atoms. The van der Waals surface area contributed by atoms with Gasteiger partial charge in [-0.15, -0.1) is 0 Å². The highest BCUT2D eigenvalue weighted by atomic mass is 35.5. The Bertz CT molecular complexity index is 673. The Balaban J connectivity index is 1.88. The highest BCUT2D eigenvalue weighted by molar-refractivity contribution is 6.30. The zero-order valence-electron chi connectivity index (χ0n) is 12.4. The maximum absolute atomic E-state index is 8.94. The summed E-state index contributed by atoms with van der Waals surface area (Å²) in [6.07, 6.45) is 2.35. The molecule has 1 saturated carbocycles. The van der Waals surface area contributed by atoms with Crippen molar-refractivity contribution < 1.29 is 5.11 Å². The van der Waals surface area contributed by atoms with Crippen molar-refractivity contribution in [2.24, 2.45) is 0 Å². The first-order valence-electron chi connectivity index (χ1n) is 7.42. The molecule has 1 aliphatic carbocycles. The summed E-state index contributed by atoms with van der Waals surface area (Å²) in [6.45, 7) is 2.50. The molecule has 0 unspecified atom stereocenters. The van der Waals surface area contributed by atoms with E-state index in [0.717, 1.165) is 22.8 Å². The molecule has 0 bridgehead atoms. The molecule has 0 saturated heterocycles. The summed E-state index contributed by atoms with van der Waals surface area (Å²) in [4.78, 5) is 8.97. The monoisotopic (exact) mass is 318 g/mol. The van der Waals surface area contributed by atoms with Crippen LogP contribution in [0.25, 0.3) is 0 Å². The molecular formula is C16H19ClN4O. The summed E-state index contributed by atoms with van der Waals surface area (Å²) < 4.78 is 0. The number of aliphatic hydroxyl groups is 1. The van der Waals surface area contributed by atoms with Gasteiger partial charge in [0.05, 0.1) is 12.3 Å². The van der Waals surface area contributed by atoms with E-state index in [2.05, 4.69) is 20.6 Å². The average molecular weight is 319 g/mol. The van der Waals surface area contributed by atoms with Gasteiger partial charge in [0.25, 0.3) is 0 Å². The van der Waals surface area contributed by atoms with Crippen LogP contribution in [0.2, 0.25) is 5.02 Å². The van der Waals surface area contributed by atoms with Crippen LogP contribution in [0, 0.1) is 6.92 Å². The molecule has 1 fully saturated rings. The van der Waals surface area contributed by atoms with Crippen LogP contribution in [-0.4, -0.2) is 28.2 Å². The summed E-state index contributed by atoms with van der Waals surface area (Å²) in [6, 6.07) is 7.71. The number of hydrogen-bond acceptors (Lipinski definition) is 5. The van der Waals surface area contributed by atoms with Crippen molar-refractivity contribution in [3.05, 3.63) is 40.5 Å². The van der Waals surface area contributed by atoms with Gasteiger partial charge in [-0.1, -0.05) is 17.7 Å². The summed E-state index contributed by atoms with van der Waals surface area (Å²) in [7, 11) is 0. The van der Waals surface area contributed by atoms with E-state index < -0.39 is 0 Å². The van der Waals surface area contributed by atoms with Gasteiger partial charge in [0.2, 0.25) is 5.95 Å². The van der Waals surface area contributed by atoms with Crippen LogP contribution < -0.4 is 10.6 Å². The number of nitrogens with one attached hydrogen (secondary N) is 2. The second-order valence-electron chi connectivity index (χ2n) is 5.51. The quantitative estimate of drug-likeness (QED) is 0.761. The molecule has 0 spiro atoms. The van der Waals surface area contributed by atoms with Crippen molar-refractivity contribution in [3.8, 4) is 0 Å². The molecule has 5 nitrogen and oxygen atoms in total. The lowest BCUT2D eigenvalue weighted by Crippen LogP contribution is -2.10. The van der Waals surface area contributed by atoms with E-state index >= 15 is 0 Å². The summed E-state index contributed by atoms with van der Waals surface area (Å²) in [5.41, 5.74) is 3.07. The first-order chi connectivity index (χ1) is 10.7. The van der Waals surface area contributed by atoms with E-state index in [1.54, 1.807) is 0 Å². The normalized spacial score (nSPS) is 14.0. The van der Waals surface area contributed by atoms with E-state index in [9.17, 15) is 0 Å². The number of aliphatic hydroxyl groups excluding tert-OH is 1. The second kappa shape index (κ2) is 6.50. The van der Waals surface area contributed by atoms with E-state index in [-0.39, 0.29) is 6.61 Å². The van der Waals surface area contributed by atoms with E-state index in [1.165, 1.54) is 12.8 Å². The minimum absolute atomic E-state index is 0.0488. The Kier molecular flexibility index (Phi) is 4.45. The van der Waals surface area contributed by atoms with Crippen LogP contribution in [-0.2, 0) is 0 Å². The third-order valence-electron chi connectivity index (χ3n) is 3.60. The van der Waals surface area contributed by atoms with Crippen LogP contribution in [0.15, 0.2) is 24.3 Å². The Labute approximate surface area is 134 Å². The number of aromatic nitrogens is 2. The largest absolute Gasteiger partial charge is 0.395 e. The number of aryl methyl sites for hydroxylation is 1. The number of benzene rings is 1. The van der Waals surface area contributed by atoms with Crippen molar-refractivity contribution in [3.63, 3.8) is 0 Å². The number of anilines is 3. The molecule has 1 aromatic heterocycles. The zero-order valence-corrected chi connectivity index (χ0v) is 13.2. The van der Waals surface area contributed by atoms with E-state index in [0.29, 0.717) is 23.4 Å². The van der Waals surface area contributed by atoms with Crippen molar-refractivity contribution in [1.82, 2.24) is 9.97 Å². The van der Waals surface area contributed by atoms with Gasteiger partial charge >= 0.3 is 0 Å². The molecule has 1 heterocycles. The molecule has 0 aliphatic heterocycles. The Hall–Kier alpha value is -1.85. The van der Waals surface area contributed by atoms with E-state index in [4.69, 9.17) is 16.7 Å². The van der Waals surface area contributed by atoms with Gasteiger partial charge in [-0.25, -0.2) is 4.98 Å². The summed E-state index contributed by atoms with van der Waals surface area (Å²) >= 11 is 6.06. The minimum Gasteiger partial charge on any atom is -0.395 e. The molecule has 3 rings (SSSR count). The predicted molar refractivity (Wildman–Crippen MR) is 89.1 cm³/mol. The zero-order chi connectivity index (χ0) is 15.5. The smallest absolute Gasteiger partial charge is 0.224 e. The summed E-state index contributed by atoms with van der Waals surface area (Å²) in [5.74, 6) is 1.81. The highest BCUT2D eigenvalue weighted by Gasteiger charge is 2.26. The van der Waals surface area contributed by atoms with Gasteiger partial charge in [0, 0.05) is 29.2 Å². The highest BCUT2D eigenvalue weighted by Crippen LogP contribution is 2.40. The van der Waals surface area contributed by atoms with Crippen LogP contribution in [0.1, 0.15) is 30.0 Å². The number of nitrogens with zero attached hydrogens (tertiary/aromatic N) is 2. The van der Waals surface area contributed by atoms with Gasteiger partial charge in [0.15, 0.2) is 0 Å². The van der Waals surface area contributed by atoms with Crippen LogP contribution in [0.4, 0.5) is 17.5 Å². The molecule has 1 aromatic carbocycles.